The van der Waals surface area contributed by atoms with Crippen LogP contribution in [-0.2, 0) is 9.59 Å². The summed E-state index contributed by atoms with van der Waals surface area (Å²) in [5.41, 5.74) is 0.221. The second-order valence-corrected chi connectivity index (χ2v) is 5.59. The van der Waals surface area contributed by atoms with Crippen molar-refractivity contribution in [1.29, 1.82) is 0 Å². The minimum atomic E-state index is -0.370. The number of carbonyl (C=O) groups is 2. The highest BCUT2D eigenvalue weighted by atomic mass is 16.7. The molecular weight excluding hydrogens is 260 g/mol. The number of carbonyl (C=O) groups excluding carboxylic acids is 2. The monoisotopic (exact) mass is 278 g/mol. The Morgan fingerprint density at radius 2 is 1.85 bits per heavy atom. The Morgan fingerprint density at radius 1 is 1.15 bits per heavy atom. The van der Waals surface area contributed by atoms with Crippen LogP contribution in [0.2, 0.25) is 0 Å². The first-order chi connectivity index (χ1) is 9.33. The zero-order valence-electron chi connectivity index (χ0n) is 11.8. The van der Waals surface area contributed by atoms with Crippen molar-refractivity contribution in [2.24, 2.45) is 0 Å². The third kappa shape index (κ3) is 3.88. The normalized spacial score (nSPS) is 12.9. The number of benzene rings is 1. The van der Waals surface area contributed by atoms with Gasteiger partial charge in [0.1, 0.15) is 6.42 Å². The zero-order valence-corrected chi connectivity index (χ0v) is 11.8. The van der Waals surface area contributed by atoms with Crippen LogP contribution in [0.1, 0.15) is 27.2 Å². The van der Waals surface area contributed by atoms with Crippen molar-refractivity contribution in [3.63, 3.8) is 0 Å². The third-order valence-corrected chi connectivity index (χ3v) is 2.49. The van der Waals surface area contributed by atoms with E-state index < -0.39 is 0 Å². The molecular formula is C14H18N2O4. The van der Waals surface area contributed by atoms with E-state index in [1.165, 1.54) is 0 Å². The van der Waals surface area contributed by atoms with Crippen LogP contribution in [0.15, 0.2) is 18.2 Å². The van der Waals surface area contributed by atoms with Crippen molar-refractivity contribution in [1.82, 2.24) is 5.32 Å². The fourth-order valence-electron chi connectivity index (χ4n) is 1.79. The summed E-state index contributed by atoms with van der Waals surface area (Å²) in [5.74, 6) is 0.553. The van der Waals surface area contributed by atoms with Gasteiger partial charge in [-0.05, 0) is 32.9 Å². The highest BCUT2D eigenvalue weighted by Crippen LogP contribution is 2.34. The maximum Gasteiger partial charge on any atom is 0.233 e. The molecule has 6 nitrogen and oxygen atoms in total. The molecule has 2 amide bonds. The average Bonchev–Trinajstić information content (AvgIpc) is 2.72. The minimum Gasteiger partial charge on any atom is -0.454 e. The van der Waals surface area contributed by atoms with Crippen molar-refractivity contribution >= 4 is 17.5 Å². The summed E-state index contributed by atoms with van der Waals surface area (Å²) in [4.78, 5) is 23.4. The quantitative estimate of drug-likeness (QED) is 0.824. The summed E-state index contributed by atoms with van der Waals surface area (Å²) < 4.78 is 10.4. The van der Waals surface area contributed by atoms with E-state index in [1.807, 2.05) is 20.8 Å². The van der Waals surface area contributed by atoms with Crippen molar-refractivity contribution in [3.05, 3.63) is 18.2 Å². The Bertz CT molecular complexity index is 534. The summed E-state index contributed by atoms with van der Waals surface area (Å²) in [6.45, 7) is 5.77. The molecule has 0 spiro atoms. The Hall–Kier alpha value is -2.24. The number of nitrogens with one attached hydrogen (secondary N) is 2. The number of anilines is 1. The fraction of sp³-hybridized carbons (Fsp3) is 0.429. The molecule has 0 bridgehead atoms. The van der Waals surface area contributed by atoms with E-state index in [9.17, 15) is 9.59 Å². The molecule has 0 unspecified atom stereocenters. The SMILES string of the molecule is CC(C)(C)NC(=O)CC(=O)Nc1ccc2c(c1)OCO2. The van der Waals surface area contributed by atoms with Crippen LogP contribution in [0.25, 0.3) is 0 Å². The smallest absolute Gasteiger partial charge is 0.233 e. The Kier molecular flexibility index (Phi) is 3.83. The molecule has 0 aromatic heterocycles. The molecule has 108 valence electrons. The first-order valence-electron chi connectivity index (χ1n) is 6.34. The molecule has 0 atom stereocenters. The van der Waals surface area contributed by atoms with Gasteiger partial charge < -0.3 is 20.1 Å². The fourth-order valence-corrected chi connectivity index (χ4v) is 1.79. The van der Waals surface area contributed by atoms with Gasteiger partial charge in [0.15, 0.2) is 11.5 Å². The van der Waals surface area contributed by atoms with E-state index in [4.69, 9.17) is 9.47 Å². The predicted molar refractivity (Wildman–Crippen MR) is 73.7 cm³/mol. The largest absolute Gasteiger partial charge is 0.454 e. The molecule has 6 heteroatoms. The van der Waals surface area contributed by atoms with Crippen LogP contribution < -0.4 is 20.1 Å². The van der Waals surface area contributed by atoms with Gasteiger partial charge in [-0.3, -0.25) is 9.59 Å². The van der Waals surface area contributed by atoms with Crippen LogP contribution in [0.4, 0.5) is 5.69 Å². The lowest BCUT2D eigenvalue weighted by Crippen LogP contribution is -2.41. The number of amides is 2. The molecule has 0 radical (unpaired) electrons. The summed E-state index contributed by atoms with van der Waals surface area (Å²) in [5, 5.41) is 5.39. The van der Waals surface area contributed by atoms with Crippen LogP contribution in [-0.4, -0.2) is 24.1 Å². The van der Waals surface area contributed by atoms with E-state index in [-0.39, 0.29) is 30.6 Å². The van der Waals surface area contributed by atoms with Crippen LogP contribution in [0, 0.1) is 0 Å². The van der Waals surface area contributed by atoms with Gasteiger partial charge in [-0.15, -0.1) is 0 Å². The van der Waals surface area contributed by atoms with Gasteiger partial charge in [0.25, 0.3) is 0 Å². The van der Waals surface area contributed by atoms with Gasteiger partial charge in [-0.25, -0.2) is 0 Å². The van der Waals surface area contributed by atoms with Crippen molar-refractivity contribution in [3.8, 4) is 11.5 Å². The van der Waals surface area contributed by atoms with E-state index in [0.717, 1.165) is 0 Å². The van der Waals surface area contributed by atoms with Gasteiger partial charge in [-0.1, -0.05) is 0 Å². The molecule has 1 heterocycles. The van der Waals surface area contributed by atoms with Gasteiger partial charge >= 0.3 is 0 Å². The maximum atomic E-state index is 11.8. The zero-order chi connectivity index (χ0) is 14.8. The molecule has 0 saturated carbocycles. The molecule has 2 rings (SSSR count). The van der Waals surface area contributed by atoms with E-state index in [2.05, 4.69) is 10.6 Å². The third-order valence-electron chi connectivity index (χ3n) is 2.49. The molecule has 0 aliphatic carbocycles. The lowest BCUT2D eigenvalue weighted by atomic mass is 10.1. The predicted octanol–water partition coefficient (Wildman–Crippen LogP) is 1.66. The molecule has 1 aliphatic heterocycles. The lowest BCUT2D eigenvalue weighted by Gasteiger charge is -2.20. The topological polar surface area (TPSA) is 76.7 Å². The van der Waals surface area contributed by atoms with Gasteiger partial charge in [0, 0.05) is 17.3 Å². The molecule has 1 aromatic rings. The van der Waals surface area contributed by atoms with Gasteiger partial charge in [0.05, 0.1) is 0 Å². The molecule has 2 N–H and O–H groups in total. The van der Waals surface area contributed by atoms with Gasteiger partial charge in [0.2, 0.25) is 18.6 Å². The van der Waals surface area contributed by atoms with Crippen molar-refractivity contribution in [2.45, 2.75) is 32.7 Å². The average molecular weight is 278 g/mol. The number of hydrogen-bond acceptors (Lipinski definition) is 4. The Morgan fingerprint density at radius 3 is 2.55 bits per heavy atom. The standard InChI is InChI=1S/C14H18N2O4/c1-14(2,3)16-13(18)7-12(17)15-9-4-5-10-11(6-9)20-8-19-10/h4-6H,7-8H2,1-3H3,(H,15,17)(H,16,18). The highest BCUT2D eigenvalue weighted by molar-refractivity contribution is 6.03. The lowest BCUT2D eigenvalue weighted by molar-refractivity contribution is -0.127. The molecule has 20 heavy (non-hydrogen) atoms. The van der Waals surface area contributed by atoms with Crippen LogP contribution in [0.3, 0.4) is 0 Å². The first-order valence-corrected chi connectivity index (χ1v) is 6.34. The highest BCUT2D eigenvalue weighted by Gasteiger charge is 2.18. The van der Waals surface area contributed by atoms with Crippen LogP contribution >= 0.6 is 0 Å². The maximum absolute atomic E-state index is 11.8. The second kappa shape index (κ2) is 5.40. The minimum absolute atomic E-state index is 0.181. The van der Waals surface area contributed by atoms with Crippen molar-refractivity contribution < 1.29 is 19.1 Å². The number of rotatable bonds is 3. The van der Waals surface area contributed by atoms with Crippen LogP contribution in [0.5, 0.6) is 11.5 Å². The molecule has 1 aromatic carbocycles. The summed E-state index contributed by atoms with van der Waals surface area (Å²) in [6.07, 6.45) is -0.217. The Labute approximate surface area is 117 Å². The number of hydrogen-bond donors (Lipinski definition) is 2. The van der Waals surface area contributed by atoms with Crippen molar-refractivity contribution in [2.75, 3.05) is 12.1 Å². The first kappa shape index (κ1) is 14.2. The summed E-state index contributed by atoms with van der Waals surface area (Å²) >= 11 is 0. The molecule has 0 saturated heterocycles. The Balaban J connectivity index is 1.90. The number of ether oxygens (including phenoxy) is 2. The summed E-state index contributed by atoms with van der Waals surface area (Å²) in [7, 11) is 0. The molecule has 1 aliphatic rings. The van der Waals surface area contributed by atoms with Gasteiger partial charge in [-0.2, -0.15) is 0 Å². The summed E-state index contributed by atoms with van der Waals surface area (Å²) in [6, 6.07) is 5.09. The number of fused-ring (bicyclic) bond motifs is 1. The van der Waals surface area contributed by atoms with E-state index in [1.54, 1.807) is 18.2 Å². The van der Waals surface area contributed by atoms with E-state index >= 15 is 0 Å². The van der Waals surface area contributed by atoms with E-state index in [0.29, 0.717) is 17.2 Å². The second-order valence-electron chi connectivity index (χ2n) is 5.59. The molecule has 0 fully saturated rings.